The monoisotopic (exact) mass is 196 g/mol. The minimum atomic E-state index is 0.567. The molecule has 1 N–H and O–H groups in total. The molecule has 2 unspecified atom stereocenters. The molecule has 0 saturated carbocycles. The van der Waals surface area contributed by atoms with Gasteiger partial charge in [0, 0.05) is 19.0 Å². The van der Waals surface area contributed by atoms with Crippen LogP contribution >= 0.6 is 0 Å². The summed E-state index contributed by atoms with van der Waals surface area (Å²) in [6.45, 7) is 7.84. The Bertz CT molecular complexity index is 187. The van der Waals surface area contributed by atoms with Crippen molar-refractivity contribution in [3.63, 3.8) is 0 Å². The van der Waals surface area contributed by atoms with Crippen LogP contribution in [0.2, 0.25) is 0 Å². The minimum absolute atomic E-state index is 0.567. The molecular weight excluding hydrogens is 172 g/mol. The van der Waals surface area contributed by atoms with Gasteiger partial charge in [-0.3, -0.25) is 4.99 Å². The van der Waals surface area contributed by atoms with Gasteiger partial charge in [0.15, 0.2) is 0 Å². The second-order valence-corrected chi connectivity index (χ2v) is 4.46. The molecule has 1 aliphatic rings. The normalized spacial score (nSPS) is 22.1. The third-order valence-corrected chi connectivity index (χ3v) is 3.27. The lowest BCUT2D eigenvalue weighted by molar-refractivity contribution is 0.435. The van der Waals surface area contributed by atoms with Gasteiger partial charge < -0.3 is 5.32 Å². The first-order chi connectivity index (χ1) is 6.74. The number of amidine groups is 1. The molecular formula is C12H24N2. The Hall–Kier alpha value is -0.530. The Morgan fingerprint density at radius 2 is 2.07 bits per heavy atom. The zero-order valence-electron chi connectivity index (χ0n) is 9.84. The molecule has 0 bridgehead atoms. The molecule has 0 saturated heterocycles. The Morgan fingerprint density at radius 3 is 2.79 bits per heavy atom. The largest absolute Gasteiger partial charge is 0.371 e. The Labute approximate surface area is 88.2 Å². The predicted molar refractivity (Wildman–Crippen MR) is 62.8 cm³/mol. The van der Waals surface area contributed by atoms with Crippen molar-refractivity contribution in [2.75, 3.05) is 6.54 Å². The van der Waals surface area contributed by atoms with E-state index in [0.717, 1.165) is 18.9 Å². The van der Waals surface area contributed by atoms with Crippen LogP contribution in [0.3, 0.4) is 0 Å². The van der Waals surface area contributed by atoms with E-state index < -0.39 is 0 Å². The highest BCUT2D eigenvalue weighted by molar-refractivity contribution is 5.82. The third kappa shape index (κ3) is 3.69. The van der Waals surface area contributed by atoms with E-state index >= 15 is 0 Å². The van der Waals surface area contributed by atoms with Crippen molar-refractivity contribution >= 4 is 5.84 Å². The van der Waals surface area contributed by atoms with Crippen LogP contribution in [0.15, 0.2) is 4.99 Å². The van der Waals surface area contributed by atoms with E-state index in [1.807, 2.05) is 0 Å². The van der Waals surface area contributed by atoms with E-state index in [4.69, 9.17) is 0 Å². The van der Waals surface area contributed by atoms with Gasteiger partial charge in [-0.1, -0.05) is 26.7 Å². The smallest absolute Gasteiger partial charge is 0.0965 e. The summed E-state index contributed by atoms with van der Waals surface area (Å²) < 4.78 is 0. The fourth-order valence-corrected chi connectivity index (χ4v) is 1.75. The maximum atomic E-state index is 4.59. The molecule has 1 heterocycles. The maximum absolute atomic E-state index is 4.59. The number of hydrogen-bond donors (Lipinski definition) is 1. The van der Waals surface area contributed by atoms with Crippen molar-refractivity contribution in [3.05, 3.63) is 0 Å². The molecule has 1 rings (SSSR count). The topological polar surface area (TPSA) is 24.4 Å². The SMILES string of the molecule is CCC(C)C(C)NC1=NCCCCC1. The average Bonchev–Trinajstić information content (AvgIpc) is 2.45. The van der Waals surface area contributed by atoms with E-state index in [9.17, 15) is 0 Å². The van der Waals surface area contributed by atoms with Crippen LogP contribution in [0, 0.1) is 5.92 Å². The summed E-state index contributed by atoms with van der Waals surface area (Å²) in [7, 11) is 0. The summed E-state index contributed by atoms with van der Waals surface area (Å²) in [5, 5.41) is 3.56. The molecule has 0 spiro atoms. The molecule has 1 aliphatic heterocycles. The van der Waals surface area contributed by atoms with Gasteiger partial charge in [0.05, 0.1) is 5.84 Å². The number of aliphatic imine (C=N–C) groups is 1. The first-order valence-corrected chi connectivity index (χ1v) is 6.04. The lowest BCUT2D eigenvalue weighted by atomic mass is 10.0. The Morgan fingerprint density at radius 1 is 1.29 bits per heavy atom. The van der Waals surface area contributed by atoms with Crippen LogP contribution in [-0.2, 0) is 0 Å². The minimum Gasteiger partial charge on any atom is -0.371 e. The molecule has 0 fully saturated rings. The van der Waals surface area contributed by atoms with Crippen LogP contribution in [0.5, 0.6) is 0 Å². The summed E-state index contributed by atoms with van der Waals surface area (Å²) in [5.74, 6) is 1.98. The number of nitrogens with one attached hydrogen (secondary N) is 1. The van der Waals surface area contributed by atoms with E-state index in [2.05, 4.69) is 31.1 Å². The summed E-state index contributed by atoms with van der Waals surface area (Å²) >= 11 is 0. The Balaban J connectivity index is 2.37. The summed E-state index contributed by atoms with van der Waals surface area (Å²) in [5.41, 5.74) is 0. The fourth-order valence-electron chi connectivity index (χ4n) is 1.75. The average molecular weight is 196 g/mol. The molecule has 2 nitrogen and oxygen atoms in total. The second-order valence-electron chi connectivity index (χ2n) is 4.46. The molecule has 14 heavy (non-hydrogen) atoms. The lowest BCUT2D eigenvalue weighted by Gasteiger charge is -2.21. The molecule has 2 atom stereocenters. The van der Waals surface area contributed by atoms with Gasteiger partial charge in [-0.25, -0.2) is 0 Å². The van der Waals surface area contributed by atoms with Gasteiger partial charge in [0.25, 0.3) is 0 Å². The van der Waals surface area contributed by atoms with E-state index in [-0.39, 0.29) is 0 Å². The third-order valence-electron chi connectivity index (χ3n) is 3.27. The zero-order valence-corrected chi connectivity index (χ0v) is 9.84. The number of hydrogen-bond acceptors (Lipinski definition) is 2. The van der Waals surface area contributed by atoms with Crippen molar-refractivity contribution in [2.24, 2.45) is 10.9 Å². The zero-order chi connectivity index (χ0) is 10.4. The summed E-state index contributed by atoms with van der Waals surface area (Å²) in [4.78, 5) is 4.59. The van der Waals surface area contributed by atoms with Crippen LogP contribution in [0.4, 0.5) is 0 Å². The van der Waals surface area contributed by atoms with Crippen molar-refractivity contribution in [1.82, 2.24) is 5.32 Å². The van der Waals surface area contributed by atoms with Crippen molar-refractivity contribution in [1.29, 1.82) is 0 Å². The van der Waals surface area contributed by atoms with E-state index in [0.29, 0.717) is 6.04 Å². The molecule has 82 valence electrons. The molecule has 0 aromatic heterocycles. The van der Waals surface area contributed by atoms with Gasteiger partial charge in [-0.2, -0.15) is 0 Å². The number of nitrogens with zero attached hydrogens (tertiary/aromatic N) is 1. The molecule has 0 aromatic rings. The highest BCUT2D eigenvalue weighted by atomic mass is 15.0. The van der Waals surface area contributed by atoms with E-state index in [1.54, 1.807) is 0 Å². The summed E-state index contributed by atoms with van der Waals surface area (Å²) in [6.07, 6.45) is 6.30. The van der Waals surface area contributed by atoms with Gasteiger partial charge in [0.2, 0.25) is 0 Å². The molecule has 2 heteroatoms. The van der Waals surface area contributed by atoms with Gasteiger partial charge in [-0.15, -0.1) is 0 Å². The quantitative estimate of drug-likeness (QED) is 0.737. The first kappa shape index (κ1) is 11.5. The van der Waals surface area contributed by atoms with Crippen molar-refractivity contribution in [3.8, 4) is 0 Å². The van der Waals surface area contributed by atoms with Crippen molar-refractivity contribution in [2.45, 2.75) is 58.9 Å². The van der Waals surface area contributed by atoms with Crippen LogP contribution in [0.1, 0.15) is 52.9 Å². The highest BCUT2D eigenvalue weighted by Gasteiger charge is 2.12. The maximum Gasteiger partial charge on any atom is 0.0965 e. The van der Waals surface area contributed by atoms with Crippen LogP contribution in [0.25, 0.3) is 0 Å². The molecule has 0 aromatic carbocycles. The van der Waals surface area contributed by atoms with E-state index in [1.165, 1.54) is 31.5 Å². The summed E-state index contributed by atoms with van der Waals surface area (Å²) in [6, 6.07) is 0.567. The first-order valence-electron chi connectivity index (χ1n) is 6.04. The van der Waals surface area contributed by atoms with Gasteiger partial charge in [0.1, 0.15) is 0 Å². The van der Waals surface area contributed by atoms with Gasteiger partial charge in [-0.05, 0) is 25.7 Å². The van der Waals surface area contributed by atoms with Gasteiger partial charge >= 0.3 is 0 Å². The lowest BCUT2D eigenvalue weighted by Crippen LogP contribution is -2.36. The fraction of sp³-hybridized carbons (Fsp3) is 0.917. The predicted octanol–water partition coefficient (Wildman–Crippen LogP) is 2.98. The van der Waals surface area contributed by atoms with Crippen LogP contribution in [-0.4, -0.2) is 18.4 Å². The molecule has 0 radical (unpaired) electrons. The highest BCUT2D eigenvalue weighted by Crippen LogP contribution is 2.10. The molecule has 0 aliphatic carbocycles. The second kappa shape index (κ2) is 6.05. The number of rotatable bonds is 3. The van der Waals surface area contributed by atoms with Crippen LogP contribution < -0.4 is 5.32 Å². The van der Waals surface area contributed by atoms with Crippen molar-refractivity contribution < 1.29 is 0 Å². The standard InChI is InChI=1S/C12H24N2/c1-4-10(2)11(3)14-12-8-6-5-7-9-13-12/h10-11H,4-9H2,1-3H3,(H,13,14). The Kier molecular flexibility index (Phi) is 4.99. The molecule has 0 amide bonds.